The van der Waals surface area contributed by atoms with Crippen LogP contribution in [0.2, 0.25) is 0 Å². The summed E-state index contributed by atoms with van der Waals surface area (Å²) in [5.41, 5.74) is 2.61. The lowest BCUT2D eigenvalue weighted by Gasteiger charge is -2.19. The van der Waals surface area contributed by atoms with Crippen LogP contribution in [-0.2, 0) is 16.6 Å². The minimum absolute atomic E-state index is 0.172. The first-order valence-electron chi connectivity index (χ1n) is 7.63. The van der Waals surface area contributed by atoms with Gasteiger partial charge in [-0.05, 0) is 29.5 Å². The summed E-state index contributed by atoms with van der Waals surface area (Å²) in [6.45, 7) is 11.8. The van der Waals surface area contributed by atoms with Crippen molar-refractivity contribution in [3.63, 3.8) is 0 Å². The van der Waals surface area contributed by atoms with E-state index in [4.69, 9.17) is 0 Å². The van der Waals surface area contributed by atoms with Crippen LogP contribution in [0.1, 0.15) is 58.6 Å². The van der Waals surface area contributed by atoms with E-state index in [0.717, 1.165) is 18.5 Å². The van der Waals surface area contributed by atoms with Gasteiger partial charge in [0.15, 0.2) is 0 Å². The molecule has 0 heterocycles. The third kappa shape index (κ3) is 6.33. The maximum absolute atomic E-state index is 11.9. The van der Waals surface area contributed by atoms with Crippen LogP contribution in [0, 0.1) is 0 Å². The molecule has 1 aromatic carbocycles. The molecule has 0 spiro atoms. The highest BCUT2D eigenvalue weighted by molar-refractivity contribution is 5.80. The highest BCUT2D eigenvalue weighted by atomic mass is 16.1. The third-order valence-corrected chi connectivity index (χ3v) is 3.41. The summed E-state index contributed by atoms with van der Waals surface area (Å²) in [7, 11) is 0. The van der Waals surface area contributed by atoms with E-state index in [-0.39, 0.29) is 5.41 Å². The fourth-order valence-corrected chi connectivity index (χ4v) is 2.11. The summed E-state index contributed by atoms with van der Waals surface area (Å²) in [5.74, 6) is 0.332. The zero-order chi connectivity index (χ0) is 15.2. The monoisotopic (exact) mass is 275 g/mol. The predicted octanol–water partition coefficient (Wildman–Crippen LogP) is 3.87. The minimum atomic E-state index is 0.172. The van der Waals surface area contributed by atoms with Gasteiger partial charge in [0.05, 0.1) is 0 Å². The van der Waals surface area contributed by atoms with E-state index in [0.29, 0.717) is 24.7 Å². The number of carbonyl (C=O) groups excluding carboxylic acids is 1. The molecule has 112 valence electrons. The third-order valence-electron chi connectivity index (χ3n) is 3.41. The molecule has 0 radical (unpaired) electrons. The molecule has 2 heteroatoms. The van der Waals surface area contributed by atoms with E-state index in [1.807, 2.05) is 0 Å². The molecule has 2 nitrogen and oxygen atoms in total. The van der Waals surface area contributed by atoms with Gasteiger partial charge in [-0.1, -0.05) is 58.9 Å². The number of carbonyl (C=O) groups is 1. The topological polar surface area (TPSA) is 29.1 Å². The highest BCUT2D eigenvalue weighted by Crippen LogP contribution is 2.22. The second-order valence-electron chi connectivity index (χ2n) is 6.87. The first-order valence-corrected chi connectivity index (χ1v) is 7.63. The van der Waals surface area contributed by atoms with Gasteiger partial charge in [-0.15, -0.1) is 0 Å². The molecule has 0 amide bonds. The van der Waals surface area contributed by atoms with Gasteiger partial charge in [-0.2, -0.15) is 0 Å². The molecule has 1 aromatic rings. The average Bonchev–Trinajstić information content (AvgIpc) is 2.34. The van der Waals surface area contributed by atoms with E-state index in [2.05, 4.69) is 64.2 Å². The van der Waals surface area contributed by atoms with Crippen LogP contribution in [0.3, 0.4) is 0 Å². The van der Waals surface area contributed by atoms with Crippen LogP contribution in [-0.4, -0.2) is 18.4 Å². The van der Waals surface area contributed by atoms with Gasteiger partial charge in [-0.3, -0.25) is 4.79 Å². The van der Waals surface area contributed by atoms with Crippen molar-refractivity contribution in [2.24, 2.45) is 0 Å². The average molecular weight is 275 g/mol. The summed E-state index contributed by atoms with van der Waals surface area (Å²) in [6, 6.07) is 8.96. The summed E-state index contributed by atoms with van der Waals surface area (Å²) in [6.07, 6.45) is 2.16. The fourth-order valence-electron chi connectivity index (χ4n) is 2.11. The molecule has 1 N–H and O–H groups in total. The standard InChI is InChI=1S/C18H29NO/c1-14(2)19-12-6-7-17(20)13-15-8-10-16(11-9-15)18(3,4)5/h8-11,14,19H,6-7,12-13H2,1-5H3. The van der Waals surface area contributed by atoms with Gasteiger partial charge in [-0.25, -0.2) is 0 Å². The number of benzene rings is 1. The SMILES string of the molecule is CC(C)NCCCC(=O)Cc1ccc(C(C)(C)C)cc1. The molecule has 0 aliphatic heterocycles. The number of rotatable bonds is 7. The van der Waals surface area contributed by atoms with Gasteiger partial charge in [0, 0.05) is 18.9 Å². The molecule has 0 atom stereocenters. The number of ketones is 1. The quantitative estimate of drug-likeness (QED) is 0.765. The summed E-state index contributed by atoms with van der Waals surface area (Å²) in [4.78, 5) is 11.9. The van der Waals surface area contributed by atoms with Crippen molar-refractivity contribution in [1.29, 1.82) is 0 Å². The molecule has 0 aliphatic carbocycles. The zero-order valence-electron chi connectivity index (χ0n) is 13.6. The van der Waals surface area contributed by atoms with Crippen molar-refractivity contribution in [2.45, 2.75) is 65.3 Å². The van der Waals surface area contributed by atoms with Crippen LogP contribution < -0.4 is 5.32 Å². The van der Waals surface area contributed by atoms with E-state index in [1.54, 1.807) is 0 Å². The van der Waals surface area contributed by atoms with E-state index in [9.17, 15) is 4.79 Å². The van der Waals surface area contributed by atoms with Gasteiger partial charge in [0.25, 0.3) is 0 Å². The van der Waals surface area contributed by atoms with Crippen molar-refractivity contribution in [2.75, 3.05) is 6.54 Å². The molecule has 0 saturated heterocycles. The summed E-state index contributed by atoms with van der Waals surface area (Å²) < 4.78 is 0. The number of hydrogen-bond acceptors (Lipinski definition) is 2. The molecular weight excluding hydrogens is 246 g/mol. The Morgan fingerprint density at radius 1 is 1.15 bits per heavy atom. The lowest BCUT2D eigenvalue weighted by molar-refractivity contribution is -0.118. The largest absolute Gasteiger partial charge is 0.315 e. The molecule has 1 rings (SSSR count). The second kappa shape index (κ2) is 7.58. The molecule has 0 unspecified atom stereocenters. The molecule has 0 saturated carbocycles. The van der Waals surface area contributed by atoms with Gasteiger partial charge < -0.3 is 5.32 Å². The smallest absolute Gasteiger partial charge is 0.137 e. The van der Waals surface area contributed by atoms with Crippen LogP contribution in [0.25, 0.3) is 0 Å². The predicted molar refractivity (Wildman–Crippen MR) is 86.2 cm³/mol. The van der Waals surface area contributed by atoms with Crippen LogP contribution in [0.5, 0.6) is 0 Å². The summed E-state index contributed by atoms with van der Waals surface area (Å²) in [5, 5.41) is 3.34. The van der Waals surface area contributed by atoms with E-state index in [1.165, 1.54) is 5.56 Å². The first kappa shape index (κ1) is 16.9. The van der Waals surface area contributed by atoms with Gasteiger partial charge >= 0.3 is 0 Å². The Kier molecular flexibility index (Phi) is 6.41. The highest BCUT2D eigenvalue weighted by Gasteiger charge is 2.13. The number of hydrogen-bond donors (Lipinski definition) is 1. The number of Topliss-reactive ketones (excluding diaryl/α,β-unsaturated/α-hetero) is 1. The normalized spacial score (nSPS) is 11.9. The first-order chi connectivity index (χ1) is 9.29. The Bertz CT molecular complexity index is 412. The van der Waals surface area contributed by atoms with Crippen molar-refractivity contribution in [3.8, 4) is 0 Å². The lowest BCUT2D eigenvalue weighted by Crippen LogP contribution is -2.24. The van der Waals surface area contributed by atoms with Crippen molar-refractivity contribution in [3.05, 3.63) is 35.4 Å². The van der Waals surface area contributed by atoms with Crippen molar-refractivity contribution < 1.29 is 4.79 Å². The minimum Gasteiger partial charge on any atom is -0.315 e. The van der Waals surface area contributed by atoms with Crippen LogP contribution >= 0.6 is 0 Å². The van der Waals surface area contributed by atoms with Crippen LogP contribution in [0.4, 0.5) is 0 Å². The van der Waals surface area contributed by atoms with Gasteiger partial charge in [0.1, 0.15) is 5.78 Å². The molecule has 0 aliphatic rings. The maximum atomic E-state index is 11.9. The Balaban J connectivity index is 2.39. The summed E-state index contributed by atoms with van der Waals surface area (Å²) >= 11 is 0. The molecule has 0 aromatic heterocycles. The second-order valence-corrected chi connectivity index (χ2v) is 6.87. The maximum Gasteiger partial charge on any atom is 0.137 e. The molecule has 0 fully saturated rings. The van der Waals surface area contributed by atoms with E-state index < -0.39 is 0 Å². The molecule has 0 bridgehead atoms. The number of nitrogens with one attached hydrogen (secondary N) is 1. The molecular formula is C18H29NO. The Morgan fingerprint density at radius 2 is 1.75 bits per heavy atom. The Hall–Kier alpha value is -1.15. The lowest BCUT2D eigenvalue weighted by atomic mass is 9.86. The van der Waals surface area contributed by atoms with E-state index >= 15 is 0 Å². The Labute approximate surface area is 124 Å². The zero-order valence-corrected chi connectivity index (χ0v) is 13.6. The van der Waals surface area contributed by atoms with Crippen molar-refractivity contribution in [1.82, 2.24) is 5.32 Å². The van der Waals surface area contributed by atoms with Crippen LogP contribution in [0.15, 0.2) is 24.3 Å². The van der Waals surface area contributed by atoms with Gasteiger partial charge in [0.2, 0.25) is 0 Å². The Morgan fingerprint density at radius 3 is 2.25 bits per heavy atom. The fraction of sp³-hybridized carbons (Fsp3) is 0.611. The van der Waals surface area contributed by atoms with Crippen molar-refractivity contribution >= 4 is 5.78 Å². The molecule has 20 heavy (non-hydrogen) atoms.